The van der Waals surface area contributed by atoms with E-state index in [-0.39, 0.29) is 35.5 Å². The molecule has 0 atom stereocenters. The highest BCUT2D eigenvalue weighted by Crippen LogP contribution is 2.28. The van der Waals surface area contributed by atoms with E-state index in [1.165, 1.54) is 0 Å². The van der Waals surface area contributed by atoms with E-state index in [1.54, 1.807) is 41.2 Å². The summed E-state index contributed by atoms with van der Waals surface area (Å²) in [5.74, 6) is -0.359. The van der Waals surface area contributed by atoms with Gasteiger partial charge in [0, 0.05) is 28.9 Å². The van der Waals surface area contributed by atoms with Gasteiger partial charge >= 0.3 is 0 Å². The number of carbonyl (C=O) groups excluding carboxylic acids is 2. The maximum atomic E-state index is 13.2. The molecule has 134 valence electrons. The number of ketones is 2. The van der Waals surface area contributed by atoms with Crippen LogP contribution in [0.4, 0.5) is 5.69 Å². The fraction of sp³-hybridized carbons (Fsp3) is 0.0455. The molecule has 0 amide bonds. The number of rotatable bonds is 3. The number of nitrogens with one attached hydrogen (secondary N) is 1. The number of nitrogens with zero attached hydrogens (tertiary/aromatic N) is 1. The minimum Gasteiger partial charge on any atom is -1.00 e. The molecular weight excluding hydrogens is 451 g/mol. The number of aromatic nitrogens is 1. The number of halogens is 1. The number of allylic oxidation sites excluding steroid dienone is 2. The molecule has 4 nitrogen and oxygen atoms in total. The first kappa shape index (κ1) is 19.0. The van der Waals surface area contributed by atoms with E-state index in [0.717, 1.165) is 11.3 Å². The van der Waals surface area contributed by atoms with Crippen LogP contribution in [0.5, 0.6) is 0 Å². The lowest BCUT2D eigenvalue weighted by Gasteiger charge is -2.19. The Bertz CT molecular complexity index is 1060. The zero-order valence-electron chi connectivity index (χ0n) is 14.6. The highest BCUT2D eigenvalue weighted by atomic mass is 127. The summed E-state index contributed by atoms with van der Waals surface area (Å²) in [5.41, 5.74) is 3.28. The Labute approximate surface area is 174 Å². The molecule has 3 aromatic rings. The molecule has 27 heavy (non-hydrogen) atoms. The zero-order chi connectivity index (χ0) is 18.1. The van der Waals surface area contributed by atoms with Crippen LogP contribution in [0.2, 0.25) is 0 Å². The smallest absolute Gasteiger partial charge is 0.286 e. The van der Waals surface area contributed by atoms with Crippen molar-refractivity contribution in [2.24, 2.45) is 0 Å². The fourth-order valence-electron chi connectivity index (χ4n) is 3.12. The van der Waals surface area contributed by atoms with Crippen LogP contribution in [0, 0.1) is 6.92 Å². The lowest BCUT2D eigenvalue weighted by Crippen LogP contribution is -3.00. The molecule has 5 heteroatoms. The molecule has 4 rings (SSSR count). The Morgan fingerprint density at radius 1 is 0.741 bits per heavy atom. The molecular formula is C22H17IN2O2. The van der Waals surface area contributed by atoms with Crippen LogP contribution in [-0.2, 0) is 0 Å². The van der Waals surface area contributed by atoms with E-state index in [0.29, 0.717) is 22.5 Å². The maximum Gasteiger partial charge on any atom is 0.286 e. The number of carbonyl (C=O) groups is 2. The minimum absolute atomic E-state index is 0. The number of aryl methyl sites for hydroxylation is 1. The predicted octanol–water partition coefficient (Wildman–Crippen LogP) is 0.646. The van der Waals surface area contributed by atoms with Crippen LogP contribution in [0.25, 0.3) is 5.70 Å². The second-order valence-electron chi connectivity index (χ2n) is 6.15. The SMILES string of the molecule is Cc1ccccc1NC1=C([n+]2ccccc2)C(=O)c2ccccc2C1=O.[I-]. The van der Waals surface area contributed by atoms with Crippen molar-refractivity contribution in [3.8, 4) is 0 Å². The Balaban J connectivity index is 0.00000210. The summed E-state index contributed by atoms with van der Waals surface area (Å²) in [5, 5.41) is 3.21. The van der Waals surface area contributed by atoms with Crippen LogP contribution < -0.4 is 33.9 Å². The standard InChI is InChI=1S/C22H16N2O2.HI/c1-15-9-3-6-12-18(15)23-19-20(24-13-7-2-8-14-24)22(26)17-11-5-4-10-16(17)21(19)25;/h2-14H,1H3;1H. The van der Waals surface area contributed by atoms with Crippen molar-refractivity contribution < 1.29 is 38.1 Å². The van der Waals surface area contributed by atoms with Gasteiger partial charge in [0.1, 0.15) is 0 Å². The van der Waals surface area contributed by atoms with E-state index in [2.05, 4.69) is 5.32 Å². The molecule has 0 fully saturated rings. The topological polar surface area (TPSA) is 50.1 Å². The highest BCUT2D eigenvalue weighted by Gasteiger charge is 2.38. The Hall–Kier alpha value is -2.80. The van der Waals surface area contributed by atoms with E-state index in [9.17, 15) is 9.59 Å². The van der Waals surface area contributed by atoms with Crippen LogP contribution in [0.15, 0.2) is 84.8 Å². The van der Waals surface area contributed by atoms with Crippen LogP contribution in [-0.4, -0.2) is 11.6 Å². The second-order valence-corrected chi connectivity index (χ2v) is 6.15. The molecule has 0 saturated heterocycles. The quantitative estimate of drug-likeness (QED) is 0.454. The van der Waals surface area contributed by atoms with Crippen LogP contribution in [0.1, 0.15) is 26.3 Å². The summed E-state index contributed by atoms with van der Waals surface area (Å²) in [6, 6.07) is 20.2. The van der Waals surface area contributed by atoms with Gasteiger partial charge in [-0.3, -0.25) is 9.59 Å². The number of hydrogen-bond donors (Lipinski definition) is 1. The molecule has 0 aliphatic heterocycles. The average molecular weight is 468 g/mol. The summed E-state index contributed by atoms with van der Waals surface area (Å²) >= 11 is 0. The first-order valence-corrected chi connectivity index (χ1v) is 8.39. The molecule has 0 bridgehead atoms. The summed E-state index contributed by atoms with van der Waals surface area (Å²) in [4.78, 5) is 26.4. The van der Waals surface area contributed by atoms with Crippen molar-refractivity contribution in [1.82, 2.24) is 0 Å². The second kappa shape index (κ2) is 7.84. The van der Waals surface area contributed by atoms with Gasteiger partial charge < -0.3 is 29.3 Å². The van der Waals surface area contributed by atoms with Crippen molar-refractivity contribution in [1.29, 1.82) is 0 Å². The summed E-state index contributed by atoms with van der Waals surface area (Å²) in [6.07, 6.45) is 3.54. The van der Waals surface area contributed by atoms with Gasteiger partial charge in [0.05, 0.1) is 0 Å². The van der Waals surface area contributed by atoms with Crippen molar-refractivity contribution in [2.75, 3.05) is 5.32 Å². The van der Waals surface area contributed by atoms with E-state index >= 15 is 0 Å². The summed E-state index contributed by atoms with van der Waals surface area (Å²) < 4.78 is 1.69. The average Bonchev–Trinajstić information content (AvgIpc) is 2.68. The molecule has 0 spiro atoms. The van der Waals surface area contributed by atoms with Gasteiger partial charge in [-0.05, 0) is 18.6 Å². The Kier molecular flexibility index (Phi) is 5.51. The fourth-order valence-corrected chi connectivity index (χ4v) is 3.12. The molecule has 1 aliphatic carbocycles. The number of Topliss-reactive ketones (excluding diaryl/α,β-unsaturated/α-hetero) is 2. The third kappa shape index (κ3) is 3.42. The number of para-hydroxylation sites is 1. The number of benzene rings is 2. The molecule has 0 unspecified atom stereocenters. The van der Waals surface area contributed by atoms with Gasteiger partial charge in [-0.1, -0.05) is 48.5 Å². The normalized spacial score (nSPS) is 13.1. The van der Waals surface area contributed by atoms with Gasteiger partial charge in [0.15, 0.2) is 18.1 Å². The molecule has 1 heterocycles. The number of hydrogen-bond acceptors (Lipinski definition) is 3. The minimum atomic E-state index is -0.185. The van der Waals surface area contributed by atoms with Gasteiger partial charge in [0.2, 0.25) is 5.78 Å². The third-order valence-corrected chi connectivity index (χ3v) is 4.47. The highest BCUT2D eigenvalue weighted by molar-refractivity contribution is 6.36. The largest absolute Gasteiger partial charge is 1.00 e. The first-order chi connectivity index (χ1) is 12.7. The van der Waals surface area contributed by atoms with Gasteiger partial charge in [-0.15, -0.1) is 0 Å². The van der Waals surface area contributed by atoms with Crippen molar-refractivity contribution >= 4 is 23.0 Å². The zero-order valence-corrected chi connectivity index (χ0v) is 16.8. The molecule has 0 radical (unpaired) electrons. The monoisotopic (exact) mass is 468 g/mol. The maximum absolute atomic E-state index is 13.2. The summed E-state index contributed by atoms with van der Waals surface area (Å²) in [7, 11) is 0. The predicted molar refractivity (Wildman–Crippen MR) is 99.8 cm³/mol. The Morgan fingerprint density at radius 2 is 1.33 bits per heavy atom. The van der Waals surface area contributed by atoms with Crippen molar-refractivity contribution in [3.05, 3.63) is 102 Å². The van der Waals surface area contributed by atoms with Gasteiger partial charge in [-0.2, -0.15) is 4.57 Å². The molecule has 1 aromatic heterocycles. The Morgan fingerprint density at radius 3 is 2.00 bits per heavy atom. The van der Waals surface area contributed by atoms with Crippen LogP contribution in [0.3, 0.4) is 0 Å². The van der Waals surface area contributed by atoms with Crippen molar-refractivity contribution in [2.45, 2.75) is 6.92 Å². The lowest BCUT2D eigenvalue weighted by atomic mass is 9.90. The van der Waals surface area contributed by atoms with E-state index in [1.807, 2.05) is 49.4 Å². The lowest BCUT2D eigenvalue weighted by molar-refractivity contribution is -0.577. The van der Waals surface area contributed by atoms with Gasteiger partial charge in [-0.25, -0.2) is 0 Å². The molecule has 1 aliphatic rings. The number of anilines is 1. The van der Waals surface area contributed by atoms with E-state index < -0.39 is 0 Å². The van der Waals surface area contributed by atoms with Gasteiger partial charge in [0.25, 0.3) is 11.5 Å². The molecule has 0 saturated carbocycles. The molecule has 2 aromatic carbocycles. The third-order valence-electron chi connectivity index (χ3n) is 4.47. The molecule has 1 N–H and O–H groups in total. The summed E-state index contributed by atoms with van der Waals surface area (Å²) in [6.45, 7) is 1.96. The first-order valence-electron chi connectivity index (χ1n) is 8.39. The number of fused-ring (bicyclic) bond motifs is 1. The number of pyridine rings is 1. The van der Waals surface area contributed by atoms with E-state index in [4.69, 9.17) is 0 Å². The van der Waals surface area contributed by atoms with Crippen LogP contribution >= 0.6 is 0 Å². The van der Waals surface area contributed by atoms with Crippen molar-refractivity contribution in [3.63, 3.8) is 0 Å².